The number of carbonyl (C=O) groups is 1. The molecule has 44 heavy (non-hydrogen) atoms. The van der Waals surface area contributed by atoms with Crippen molar-refractivity contribution in [3.05, 3.63) is 82.2 Å². The van der Waals surface area contributed by atoms with Gasteiger partial charge in [0.05, 0.1) is 23.6 Å². The number of nitrogens with one attached hydrogen (secondary N) is 1. The quantitative estimate of drug-likeness (QED) is 0.298. The number of hydrogen-bond donors (Lipinski definition) is 1. The number of rotatable bonds is 8. The van der Waals surface area contributed by atoms with Crippen molar-refractivity contribution in [1.82, 2.24) is 30.2 Å². The summed E-state index contributed by atoms with van der Waals surface area (Å²) in [6, 6.07) is 12.9. The van der Waals surface area contributed by atoms with Crippen LogP contribution in [0.15, 0.2) is 48.8 Å². The van der Waals surface area contributed by atoms with Gasteiger partial charge in [-0.2, -0.15) is 0 Å². The highest BCUT2D eigenvalue weighted by Crippen LogP contribution is 2.44. The molecule has 0 bridgehead atoms. The first-order valence-electron chi connectivity index (χ1n) is 15.7. The fraction of sp³-hybridized carbons (Fsp3) is 0.486. The highest BCUT2D eigenvalue weighted by Gasteiger charge is 2.41. The minimum Gasteiger partial charge on any atom is -0.489 e. The minimum absolute atomic E-state index is 0.0262. The number of benzene rings is 2. The van der Waals surface area contributed by atoms with Crippen LogP contribution in [-0.2, 0) is 29.7 Å². The predicted molar refractivity (Wildman–Crippen MR) is 170 cm³/mol. The largest absolute Gasteiger partial charge is 0.489 e. The van der Waals surface area contributed by atoms with Gasteiger partial charge in [-0.25, -0.2) is 4.68 Å². The Balaban J connectivity index is 1.39. The zero-order valence-corrected chi connectivity index (χ0v) is 26.8. The fourth-order valence-corrected chi connectivity index (χ4v) is 6.77. The topological polar surface area (TPSA) is 94.4 Å². The van der Waals surface area contributed by atoms with Gasteiger partial charge in [-0.05, 0) is 66.6 Å². The highest BCUT2D eigenvalue weighted by atomic mass is 16.5. The van der Waals surface area contributed by atoms with Crippen molar-refractivity contribution in [2.45, 2.75) is 78.6 Å². The molecular formula is C35H44N6O3. The van der Waals surface area contributed by atoms with Gasteiger partial charge in [0.1, 0.15) is 17.4 Å². The monoisotopic (exact) mass is 596 g/mol. The molecule has 232 valence electrons. The van der Waals surface area contributed by atoms with E-state index in [0.717, 1.165) is 71.5 Å². The molecule has 6 rings (SSSR count). The van der Waals surface area contributed by atoms with Crippen molar-refractivity contribution < 1.29 is 14.3 Å². The third-order valence-corrected chi connectivity index (χ3v) is 9.53. The van der Waals surface area contributed by atoms with Gasteiger partial charge in [0.25, 0.3) is 0 Å². The molecule has 2 aliphatic heterocycles. The summed E-state index contributed by atoms with van der Waals surface area (Å²) in [5, 5.41) is 12.1. The smallest absolute Gasteiger partial charge is 0.226 e. The SMILES string of the molecule is CCC1CN(Cc2cc([C@@H](c3ccc4c(nnn4C)c3C)C(C)(C)C(=O)NC3CCOC3)ccc2C)Cc2cnccc2O1. The van der Waals surface area contributed by atoms with E-state index < -0.39 is 5.41 Å². The van der Waals surface area contributed by atoms with E-state index in [-0.39, 0.29) is 24.0 Å². The molecule has 3 atom stereocenters. The van der Waals surface area contributed by atoms with Crippen molar-refractivity contribution in [1.29, 1.82) is 0 Å². The van der Waals surface area contributed by atoms with Crippen LogP contribution in [0.25, 0.3) is 11.0 Å². The second kappa shape index (κ2) is 12.3. The summed E-state index contributed by atoms with van der Waals surface area (Å²) >= 11 is 0. The number of aromatic nitrogens is 4. The molecule has 0 saturated carbocycles. The summed E-state index contributed by atoms with van der Waals surface area (Å²) in [7, 11) is 1.91. The molecule has 0 aliphatic carbocycles. The Bertz CT molecular complexity index is 1660. The molecule has 2 aliphatic rings. The maximum absolute atomic E-state index is 14.1. The summed E-state index contributed by atoms with van der Waals surface area (Å²) in [5.41, 5.74) is 7.91. The first-order chi connectivity index (χ1) is 21.2. The first-order valence-corrected chi connectivity index (χ1v) is 15.7. The van der Waals surface area contributed by atoms with Crippen molar-refractivity contribution in [3.63, 3.8) is 0 Å². The molecule has 4 aromatic rings. The molecule has 1 saturated heterocycles. The van der Waals surface area contributed by atoms with Gasteiger partial charge < -0.3 is 14.8 Å². The molecule has 9 nitrogen and oxygen atoms in total. The number of carbonyl (C=O) groups excluding carboxylic acids is 1. The Kier molecular flexibility index (Phi) is 8.44. The average Bonchev–Trinajstić information content (AvgIpc) is 3.61. The lowest BCUT2D eigenvalue weighted by atomic mass is 9.69. The van der Waals surface area contributed by atoms with Gasteiger partial charge in [0.2, 0.25) is 5.91 Å². The molecule has 2 aromatic heterocycles. The Hall–Kier alpha value is -3.82. The molecule has 1 N–H and O–H groups in total. The normalized spacial score (nSPS) is 19.8. The van der Waals surface area contributed by atoms with Crippen LogP contribution in [0.4, 0.5) is 0 Å². The van der Waals surface area contributed by atoms with E-state index in [4.69, 9.17) is 9.47 Å². The average molecular weight is 597 g/mol. The van der Waals surface area contributed by atoms with Crippen molar-refractivity contribution in [2.24, 2.45) is 12.5 Å². The Labute approximate surface area is 259 Å². The summed E-state index contributed by atoms with van der Waals surface area (Å²) in [6.07, 6.45) is 5.59. The number of amides is 1. The maximum atomic E-state index is 14.1. The summed E-state index contributed by atoms with van der Waals surface area (Å²) in [5.74, 6) is 0.741. The van der Waals surface area contributed by atoms with E-state index in [1.807, 2.05) is 19.3 Å². The van der Waals surface area contributed by atoms with Crippen LogP contribution >= 0.6 is 0 Å². The van der Waals surface area contributed by atoms with Crippen molar-refractivity contribution in [2.75, 3.05) is 19.8 Å². The van der Waals surface area contributed by atoms with E-state index in [1.54, 1.807) is 10.9 Å². The number of aryl methyl sites for hydroxylation is 3. The van der Waals surface area contributed by atoms with E-state index in [9.17, 15) is 4.79 Å². The zero-order chi connectivity index (χ0) is 31.0. The zero-order valence-electron chi connectivity index (χ0n) is 26.8. The molecule has 0 radical (unpaired) electrons. The van der Waals surface area contributed by atoms with Gasteiger partial charge in [-0.3, -0.25) is 14.7 Å². The van der Waals surface area contributed by atoms with Crippen LogP contribution < -0.4 is 10.1 Å². The van der Waals surface area contributed by atoms with Gasteiger partial charge in [0, 0.05) is 57.2 Å². The van der Waals surface area contributed by atoms with E-state index in [1.165, 1.54) is 11.1 Å². The predicted octanol–water partition coefficient (Wildman–Crippen LogP) is 5.22. The summed E-state index contributed by atoms with van der Waals surface area (Å²) < 4.78 is 13.7. The molecule has 0 spiro atoms. The molecule has 4 heterocycles. The lowest BCUT2D eigenvalue weighted by Crippen LogP contribution is -2.46. The number of pyridine rings is 1. The van der Waals surface area contributed by atoms with E-state index >= 15 is 0 Å². The number of ether oxygens (including phenoxy) is 2. The van der Waals surface area contributed by atoms with Gasteiger partial charge in [0.15, 0.2) is 0 Å². The van der Waals surface area contributed by atoms with Crippen LogP contribution in [0.1, 0.15) is 72.9 Å². The third-order valence-electron chi connectivity index (χ3n) is 9.53. The Morgan fingerprint density at radius 2 is 2.02 bits per heavy atom. The molecule has 2 aromatic carbocycles. The molecular weight excluding hydrogens is 552 g/mol. The van der Waals surface area contributed by atoms with Crippen molar-refractivity contribution >= 4 is 16.9 Å². The standard InChI is InChI=1S/C35H44N6O3/c1-7-28-20-41(19-26-17-36-14-12-31(26)44-28)18-25-16-24(9-8-22(25)2)32(35(4,5)34(42)37-27-13-15-43-21-27)29-10-11-30-33(23(29)3)38-39-40(30)6/h8-12,14,16-17,27-28,32H,7,13,15,18-21H2,1-6H3,(H,37,42)/t27?,28?,32-/m0/s1. The van der Waals surface area contributed by atoms with Gasteiger partial charge >= 0.3 is 0 Å². The van der Waals surface area contributed by atoms with Crippen LogP contribution in [0.5, 0.6) is 5.75 Å². The molecule has 2 unspecified atom stereocenters. The Morgan fingerprint density at radius 3 is 2.80 bits per heavy atom. The van der Waals surface area contributed by atoms with E-state index in [0.29, 0.717) is 13.2 Å². The van der Waals surface area contributed by atoms with Crippen molar-refractivity contribution in [3.8, 4) is 5.75 Å². The first kappa shape index (κ1) is 30.2. The summed E-state index contributed by atoms with van der Waals surface area (Å²) in [6.45, 7) is 14.2. The minimum atomic E-state index is -0.760. The Morgan fingerprint density at radius 1 is 1.18 bits per heavy atom. The number of hydrogen-bond acceptors (Lipinski definition) is 7. The number of nitrogens with zero attached hydrogens (tertiary/aromatic N) is 5. The molecule has 9 heteroatoms. The van der Waals surface area contributed by atoms with Crippen LogP contribution in [0.2, 0.25) is 0 Å². The second-order valence-electron chi connectivity index (χ2n) is 13.0. The van der Waals surface area contributed by atoms with Crippen LogP contribution in [0.3, 0.4) is 0 Å². The number of fused-ring (bicyclic) bond motifs is 2. The lowest BCUT2D eigenvalue weighted by molar-refractivity contribution is -0.130. The highest BCUT2D eigenvalue weighted by molar-refractivity contribution is 5.85. The van der Waals surface area contributed by atoms with Crippen LogP contribution in [-0.4, -0.2) is 62.7 Å². The van der Waals surface area contributed by atoms with Crippen LogP contribution in [0, 0.1) is 19.3 Å². The third kappa shape index (κ3) is 5.83. The van der Waals surface area contributed by atoms with Gasteiger partial charge in [-0.1, -0.05) is 50.3 Å². The second-order valence-corrected chi connectivity index (χ2v) is 13.0. The lowest BCUT2D eigenvalue weighted by Gasteiger charge is -2.36. The summed E-state index contributed by atoms with van der Waals surface area (Å²) in [4.78, 5) is 20.9. The molecule has 1 fully saturated rings. The maximum Gasteiger partial charge on any atom is 0.226 e. The van der Waals surface area contributed by atoms with Gasteiger partial charge in [-0.15, -0.1) is 5.10 Å². The molecule has 1 amide bonds. The fourth-order valence-electron chi connectivity index (χ4n) is 6.77. The van der Waals surface area contributed by atoms with E-state index in [2.05, 4.69) is 90.5 Å².